The van der Waals surface area contributed by atoms with Crippen LogP contribution in [-0.4, -0.2) is 46.2 Å². The summed E-state index contributed by atoms with van der Waals surface area (Å²) >= 11 is 0. The Morgan fingerprint density at radius 3 is 2.31 bits per heavy atom. The van der Waals surface area contributed by atoms with Crippen molar-refractivity contribution in [1.82, 2.24) is 9.62 Å². The summed E-state index contributed by atoms with van der Waals surface area (Å²) < 4.78 is 34.1. The highest BCUT2D eigenvalue weighted by molar-refractivity contribution is 7.89. The summed E-state index contributed by atoms with van der Waals surface area (Å²) in [5.74, 6) is 0. The van der Waals surface area contributed by atoms with Gasteiger partial charge in [0.1, 0.15) is 0 Å². The average Bonchev–Trinajstić information content (AvgIpc) is 2.69. The van der Waals surface area contributed by atoms with Gasteiger partial charge < -0.3 is 4.74 Å². The van der Waals surface area contributed by atoms with Crippen molar-refractivity contribution in [3.63, 3.8) is 0 Å². The van der Waals surface area contributed by atoms with Crippen molar-refractivity contribution in [1.29, 1.82) is 0 Å². The molecule has 0 amide bonds. The summed E-state index contributed by atoms with van der Waals surface area (Å²) in [6, 6.07) is 16.5. The summed E-state index contributed by atoms with van der Waals surface area (Å²) in [5, 5.41) is 0. The van der Waals surface area contributed by atoms with Crippen molar-refractivity contribution in [3.8, 4) is 0 Å². The molecular formula is C20H26N2O3S. The molecule has 1 saturated heterocycles. The fourth-order valence-electron chi connectivity index (χ4n) is 3.10. The molecule has 1 aliphatic rings. The van der Waals surface area contributed by atoms with E-state index in [2.05, 4.69) is 16.5 Å². The third-order valence-corrected chi connectivity index (χ3v) is 6.17. The maximum Gasteiger partial charge on any atom is 0.241 e. The molecule has 0 unspecified atom stereocenters. The van der Waals surface area contributed by atoms with Crippen molar-refractivity contribution in [3.05, 3.63) is 65.7 Å². The molecule has 0 aliphatic carbocycles. The molecule has 26 heavy (non-hydrogen) atoms. The Balaban J connectivity index is 1.81. The third kappa shape index (κ3) is 4.92. The SMILES string of the molecule is CCc1ccc(S(=O)(=O)N[C@H](CN2CCOCC2)c2ccccc2)cc1. The first-order valence-electron chi connectivity index (χ1n) is 9.05. The summed E-state index contributed by atoms with van der Waals surface area (Å²) in [5.41, 5.74) is 2.09. The van der Waals surface area contributed by atoms with Crippen LogP contribution in [0.3, 0.4) is 0 Å². The van der Waals surface area contributed by atoms with Gasteiger partial charge in [-0.25, -0.2) is 13.1 Å². The van der Waals surface area contributed by atoms with Crippen LogP contribution >= 0.6 is 0 Å². The molecule has 1 aliphatic heterocycles. The van der Waals surface area contributed by atoms with Crippen LogP contribution in [0, 0.1) is 0 Å². The van der Waals surface area contributed by atoms with Crippen molar-refractivity contribution >= 4 is 10.0 Å². The Labute approximate surface area is 156 Å². The van der Waals surface area contributed by atoms with Crippen molar-refractivity contribution in [2.45, 2.75) is 24.3 Å². The first-order valence-corrected chi connectivity index (χ1v) is 10.5. The van der Waals surface area contributed by atoms with Crippen LogP contribution in [0.25, 0.3) is 0 Å². The number of benzene rings is 2. The maximum atomic E-state index is 12.9. The Hall–Kier alpha value is -1.73. The van der Waals surface area contributed by atoms with Gasteiger partial charge in [0.2, 0.25) is 10.0 Å². The zero-order chi connectivity index (χ0) is 18.4. The molecule has 0 bridgehead atoms. The largest absolute Gasteiger partial charge is 0.379 e. The van der Waals surface area contributed by atoms with Gasteiger partial charge in [-0.1, -0.05) is 49.4 Å². The number of nitrogens with zero attached hydrogens (tertiary/aromatic N) is 1. The summed E-state index contributed by atoms with van der Waals surface area (Å²) in [6.45, 7) is 5.68. The molecule has 140 valence electrons. The minimum absolute atomic E-state index is 0.301. The third-order valence-electron chi connectivity index (χ3n) is 4.69. The van der Waals surface area contributed by atoms with Crippen LogP contribution in [-0.2, 0) is 21.2 Å². The molecule has 0 spiro atoms. The highest BCUT2D eigenvalue weighted by Crippen LogP contribution is 2.20. The zero-order valence-corrected chi connectivity index (χ0v) is 15.9. The Morgan fingerprint density at radius 1 is 1.04 bits per heavy atom. The van der Waals surface area contributed by atoms with E-state index in [-0.39, 0.29) is 6.04 Å². The van der Waals surface area contributed by atoms with Crippen LogP contribution in [0.2, 0.25) is 0 Å². The predicted molar refractivity (Wildman–Crippen MR) is 103 cm³/mol. The number of ether oxygens (including phenoxy) is 1. The summed E-state index contributed by atoms with van der Waals surface area (Å²) in [6.07, 6.45) is 0.886. The lowest BCUT2D eigenvalue weighted by atomic mass is 10.1. The van der Waals surface area contributed by atoms with E-state index in [0.717, 1.165) is 30.6 Å². The molecule has 1 fully saturated rings. The zero-order valence-electron chi connectivity index (χ0n) is 15.1. The van der Waals surface area contributed by atoms with Gasteiger partial charge in [-0.3, -0.25) is 4.90 Å². The van der Waals surface area contributed by atoms with E-state index in [9.17, 15) is 8.42 Å². The Bertz CT molecular complexity index is 786. The van der Waals surface area contributed by atoms with Gasteiger partial charge in [0.15, 0.2) is 0 Å². The molecule has 0 saturated carbocycles. The van der Waals surface area contributed by atoms with E-state index in [1.807, 2.05) is 42.5 Å². The normalized spacial score (nSPS) is 17.1. The fraction of sp³-hybridized carbons (Fsp3) is 0.400. The topological polar surface area (TPSA) is 58.6 Å². The highest BCUT2D eigenvalue weighted by Gasteiger charge is 2.24. The molecule has 1 heterocycles. The van der Waals surface area contributed by atoms with Gasteiger partial charge in [-0.2, -0.15) is 0 Å². The minimum atomic E-state index is -3.59. The molecule has 6 heteroatoms. The Kier molecular flexibility index (Phi) is 6.43. The van der Waals surface area contributed by atoms with Gasteiger partial charge in [0.25, 0.3) is 0 Å². The van der Waals surface area contributed by atoms with Crippen LogP contribution < -0.4 is 4.72 Å². The van der Waals surface area contributed by atoms with Crippen molar-refractivity contribution in [2.75, 3.05) is 32.8 Å². The second kappa shape index (κ2) is 8.77. The number of hydrogen-bond donors (Lipinski definition) is 1. The maximum absolute atomic E-state index is 12.9. The van der Waals surface area contributed by atoms with Gasteiger partial charge in [-0.15, -0.1) is 0 Å². The second-order valence-corrected chi connectivity index (χ2v) is 8.21. The van der Waals surface area contributed by atoms with Crippen molar-refractivity contribution < 1.29 is 13.2 Å². The van der Waals surface area contributed by atoms with E-state index in [0.29, 0.717) is 24.7 Å². The molecule has 3 rings (SSSR count). The summed E-state index contributed by atoms with van der Waals surface area (Å²) in [4.78, 5) is 2.54. The van der Waals surface area contributed by atoms with Gasteiger partial charge in [0, 0.05) is 19.6 Å². The van der Waals surface area contributed by atoms with Crippen LogP contribution in [0.1, 0.15) is 24.1 Å². The lowest BCUT2D eigenvalue weighted by molar-refractivity contribution is 0.0345. The number of hydrogen-bond acceptors (Lipinski definition) is 4. The molecular weight excluding hydrogens is 348 g/mol. The standard InChI is InChI=1S/C20H26N2O3S/c1-2-17-8-10-19(11-9-17)26(23,24)21-20(18-6-4-3-5-7-18)16-22-12-14-25-15-13-22/h3-11,20-21H,2,12-16H2,1H3/t20-/m1/s1. The van der Waals surface area contributed by atoms with Crippen LogP contribution in [0.4, 0.5) is 0 Å². The molecule has 0 aromatic heterocycles. The molecule has 1 atom stereocenters. The first kappa shape index (κ1) is 19.0. The molecule has 5 nitrogen and oxygen atoms in total. The number of morpholine rings is 1. The number of sulfonamides is 1. The Morgan fingerprint density at radius 2 is 1.69 bits per heavy atom. The molecule has 2 aromatic rings. The number of rotatable bonds is 7. The number of aryl methyl sites for hydroxylation is 1. The first-order chi connectivity index (χ1) is 12.6. The van der Waals surface area contributed by atoms with E-state index < -0.39 is 10.0 Å². The van der Waals surface area contributed by atoms with E-state index >= 15 is 0 Å². The van der Waals surface area contributed by atoms with Gasteiger partial charge in [-0.05, 0) is 29.7 Å². The van der Waals surface area contributed by atoms with Crippen LogP contribution in [0.5, 0.6) is 0 Å². The van der Waals surface area contributed by atoms with Gasteiger partial charge in [0.05, 0.1) is 24.2 Å². The predicted octanol–water partition coefficient (Wildman–Crippen LogP) is 2.60. The van der Waals surface area contributed by atoms with Crippen LogP contribution in [0.15, 0.2) is 59.5 Å². The quantitative estimate of drug-likeness (QED) is 0.809. The van der Waals surface area contributed by atoms with E-state index in [1.54, 1.807) is 12.1 Å². The lowest BCUT2D eigenvalue weighted by Gasteiger charge is -2.31. The smallest absolute Gasteiger partial charge is 0.241 e. The minimum Gasteiger partial charge on any atom is -0.379 e. The highest BCUT2D eigenvalue weighted by atomic mass is 32.2. The molecule has 0 radical (unpaired) electrons. The summed E-state index contributed by atoms with van der Waals surface area (Å²) in [7, 11) is -3.59. The van der Waals surface area contributed by atoms with E-state index in [1.165, 1.54) is 0 Å². The van der Waals surface area contributed by atoms with E-state index in [4.69, 9.17) is 4.74 Å². The fourth-order valence-corrected chi connectivity index (χ4v) is 4.31. The second-order valence-electron chi connectivity index (χ2n) is 6.50. The molecule has 2 aromatic carbocycles. The average molecular weight is 375 g/mol. The number of nitrogens with one attached hydrogen (secondary N) is 1. The molecule has 1 N–H and O–H groups in total. The monoisotopic (exact) mass is 374 g/mol. The van der Waals surface area contributed by atoms with Gasteiger partial charge >= 0.3 is 0 Å². The lowest BCUT2D eigenvalue weighted by Crippen LogP contribution is -2.43. The van der Waals surface area contributed by atoms with Crippen molar-refractivity contribution in [2.24, 2.45) is 0 Å².